The topological polar surface area (TPSA) is 93.5 Å². The van der Waals surface area contributed by atoms with Gasteiger partial charge in [-0.3, -0.25) is 9.48 Å². The molecule has 0 saturated heterocycles. The summed E-state index contributed by atoms with van der Waals surface area (Å²) in [4.78, 5) is 23.2. The quantitative estimate of drug-likeness (QED) is 0.677. The number of nitrogens with zero attached hydrogens (tertiary/aromatic N) is 2. The van der Waals surface area contributed by atoms with Gasteiger partial charge in [-0.15, -0.1) is 0 Å². The maximum atomic E-state index is 12.1. The maximum absolute atomic E-state index is 12.1. The predicted molar refractivity (Wildman–Crippen MR) is 90.9 cm³/mol. The standard InChI is InChI=1S/C17H29N3O4/c1-11(2)10-20-13(4)14(12(3)19-20)6-7-16(21)18-15(17(22)23)8-9-24-5/h11,15H,6-10H2,1-5H3,(H,18,21)(H,22,23). The van der Waals surface area contributed by atoms with Crippen LogP contribution in [0.25, 0.3) is 0 Å². The molecule has 1 atom stereocenters. The van der Waals surface area contributed by atoms with Crippen LogP contribution < -0.4 is 5.32 Å². The second-order valence-electron chi connectivity index (χ2n) is 6.47. The van der Waals surface area contributed by atoms with Crippen molar-refractivity contribution in [2.45, 2.75) is 59.5 Å². The molecule has 0 aliphatic heterocycles. The van der Waals surface area contributed by atoms with Crippen molar-refractivity contribution in [1.82, 2.24) is 15.1 Å². The Kier molecular flexibility index (Phi) is 7.91. The van der Waals surface area contributed by atoms with Gasteiger partial charge in [0.2, 0.25) is 5.91 Å². The number of aliphatic carboxylic acids is 1. The molecule has 1 aromatic heterocycles. The molecule has 24 heavy (non-hydrogen) atoms. The number of carboxylic acid groups (broad SMARTS) is 1. The third kappa shape index (κ3) is 5.96. The number of carbonyl (C=O) groups is 2. The second kappa shape index (κ2) is 9.42. The highest BCUT2D eigenvalue weighted by molar-refractivity contribution is 5.83. The monoisotopic (exact) mass is 339 g/mol. The van der Waals surface area contributed by atoms with Gasteiger partial charge in [0.25, 0.3) is 0 Å². The highest BCUT2D eigenvalue weighted by atomic mass is 16.5. The van der Waals surface area contributed by atoms with Gasteiger partial charge in [0.05, 0.1) is 5.69 Å². The van der Waals surface area contributed by atoms with Crippen LogP contribution in [0.5, 0.6) is 0 Å². The van der Waals surface area contributed by atoms with Crippen molar-refractivity contribution in [2.75, 3.05) is 13.7 Å². The molecular weight excluding hydrogens is 310 g/mol. The van der Waals surface area contributed by atoms with Crippen molar-refractivity contribution >= 4 is 11.9 Å². The molecule has 0 spiro atoms. The lowest BCUT2D eigenvalue weighted by atomic mass is 10.1. The summed E-state index contributed by atoms with van der Waals surface area (Å²) >= 11 is 0. The van der Waals surface area contributed by atoms with E-state index in [1.54, 1.807) is 0 Å². The SMILES string of the molecule is COCCC(NC(=O)CCc1c(C)nn(CC(C)C)c1C)C(=O)O. The van der Waals surface area contributed by atoms with Gasteiger partial charge >= 0.3 is 5.97 Å². The summed E-state index contributed by atoms with van der Waals surface area (Å²) in [5.74, 6) is -0.817. The maximum Gasteiger partial charge on any atom is 0.326 e. The molecule has 1 rings (SSSR count). The second-order valence-corrected chi connectivity index (χ2v) is 6.47. The number of amides is 1. The van der Waals surface area contributed by atoms with Gasteiger partial charge in [-0.25, -0.2) is 4.79 Å². The number of hydrogen-bond donors (Lipinski definition) is 2. The van der Waals surface area contributed by atoms with Gasteiger partial charge in [-0.05, 0) is 31.7 Å². The number of ether oxygens (including phenoxy) is 1. The first-order chi connectivity index (χ1) is 11.3. The third-order valence-electron chi connectivity index (χ3n) is 3.92. The molecule has 1 amide bonds. The van der Waals surface area contributed by atoms with Crippen LogP contribution in [0.3, 0.4) is 0 Å². The summed E-state index contributed by atoms with van der Waals surface area (Å²) in [6, 6.07) is -0.914. The number of aromatic nitrogens is 2. The Morgan fingerprint density at radius 3 is 2.54 bits per heavy atom. The summed E-state index contributed by atoms with van der Waals surface area (Å²) in [5, 5.41) is 16.2. The number of methoxy groups -OCH3 is 1. The number of carboxylic acids is 1. The molecule has 1 heterocycles. The van der Waals surface area contributed by atoms with Crippen LogP contribution in [0.2, 0.25) is 0 Å². The zero-order chi connectivity index (χ0) is 18.3. The number of rotatable bonds is 10. The van der Waals surface area contributed by atoms with Crippen LogP contribution in [-0.4, -0.2) is 46.5 Å². The minimum atomic E-state index is -1.04. The van der Waals surface area contributed by atoms with Crippen LogP contribution in [-0.2, 0) is 27.3 Å². The first-order valence-electron chi connectivity index (χ1n) is 8.30. The van der Waals surface area contributed by atoms with Gasteiger partial charge in [-0.1, -0.05) is 13.8 Å². The van der Waals surface area contributed by atoms with Crippen molar-refractivity contribution < 1.29 is 19.4 Å². The van der Waals surface area contributed by atoms with Crippen LogP contribution in [0.4, 0.5) is 0 Å². The zero-order valence-corrected chi connectivity index (χ0v) is 15.3. The fourth-order valence-electron chi connectivity index (χ4n) is 2.62. The molecule has 0 aromatic carbocycles. The third-order valence-corrected chi connectivity index (χ3v) is 3.92. The van der Waals surface area contributed by atoms with E-state index in [9.17, 15) is 9.59 Å². The Hall–Kier alpha value is -1.89. The first-order valence-corrected chi connectivity index (χ1v) is 8.30. The minimum Gasteiger partial charge on any atom is -0.480 e. The lowest BCUT2D eigenvalue weighted by Crippen LogP contribution is -2.41. The van der Waals surface area contributed by atoms with E-state index in [1.807, 2.05) is 18.5 Å². The molecule has 2 N–H and O–H groups in total. The Balaban J connectivity index is 2.63. The molecule has 1 unspecified atom stereocenters. The minimum absolute atomic E-state index is 0.242. The van der Waals surface area contributed by atoms with Crippen molar-refractivity contribution in [3.8, 4) is 0 Å². The smallest absolute Gasteiger partial charge is 0.326 e. The van der Waals surface area contributed by atoms with Crippen LogP contribution in [0.1, 0.15) is 43.6 Å². The van der Waals surface area contributed by atoms with E-state index in [-0.39, 0.29) is 25.4 Å². The molecule has 7 nitrogen and oxygen atoms in total. The average molecular weight is 339 g/mol. The predicted octanol–water partition coefficient (Wildman–Crippen LogP) is 1.69. The molecule has 0 saturated carbocycles. The Labute approximate surface area is 143 Å². The van der Waals surface area contributed by atoms with E-state index in [2.05, 4.69) is 24.3 Å². The molecule has 0 bridgehead atoms. The van der Waals surface area contributed by atoms with E-state index >= 15 is 0 Å². The summed E-state index contributed by atoms with van der Waals surface area (Å²) < 4.78 is 6.85. The Bertz CT molecular complexity index is 566. The zero-order valence-electron chi connectivity index (χ0n) is 15.3. The van der Waals surface area contributed by atoms with Gasteiger partial charge in [0.15, 0.2) is 0 Å². The van der Waals surface area contributed by atoms with Gasteiger partial charge in [0, 0.05) is 38.8 Å². The summed E-state index contributed by atoms with van der Waals surface area (Å²) in [7, 11) is 1.50. The van der Waals surface area contributed by atoms with Gasteiger partial charge < -0.3 is 15.2 Å². The molecule has 0 fully saturated rings. The normalized spacial score (nSPS) is 12.4. The summed E-state index contributed by atoms with van der Waals surface area (Å²) in [5.41, 5.74) is 3.06. The fraction of sp³-hybridized carbons (Fsp3) is 0.706. The van der Waals surface area contributed by atoms with Crippen molar-refractivity contribution in [3.05, 3.63) is 17.0 Å². The Morgan fingerprint density at radius 2 is 2.00 bits per heavy atom. The van der Waals surface area contributed by atoms with Crippen molar-refractivity contribution in [1.29, 1.82) is 0 Å². The Morgan fingerprint density at radius 1 is 1.33 bits per heavy atom. The molecular formula is C17H29N3O4. The highest BCUT2D eigenvalue weighted by Crippen LogP contribution is 2.16. The lowest BCUT2D eigenvalue weighted by molar-refractivity contribution is -0.142. The largest absolute Gasteiger partial charge is 0.480 e. The molecule has 0 radical (unpaired) electrons. The summed E-state index contributed by atoms with van der Waals surface area (Å²) in [6.07, 6.45) is 1.05. The molecule has 1 aromatic rings. The molecule has 0 aliphatic carbocycles. The number of hydrogen-bond acceptors (Lipinski definition) is 4. The molecule has 136 valence electrons. The van der Waals surface area contributed by atoms with Crippen molar-refractivity contribution in [3.63, 3.8) is 0 Å². The van der Waals surface area contributed by atoms with Crippen LogP contribution in [0.15, 0.2) is 0 Å². The van der Waals surface area contributed by atoms with Crippen molar-refractivity contribution in [2.24, 2.45) is 5.92 Å². The van der Waals surface area contributed by atoms with Gasteiger partial charge in [-0.2, -0.15) is 5.10 Å². The average Bonchev–Trinajstić information content (AvgIpc) is 2.74. The van der Waals surface area contributed by atoms with E-state index in [4.69, 9.17) is 9.84 Å². The van der Waals surface area contributed by atoms with E-state index in [0.29, 0.717) is 12.3 Å². The number of carbonyl (C=O) groups excluding carboxylic acids is 1. The fourth-order valence-corrected chi connectivity index (χ4v) is 2.62. The summed E-state index contributed by atoms with van der Waals surface area (Å²) in [6.45, 7) is 9.35. The number of nitrogens with one attached hydrogen (secondary N) is 1. The molecule has 0 aliphatic rings. The van der Waals surface area contributed by atoms with E-state index < -0.39 is 12.0 Å². The van der Waals surface area contributed by atoms with E-state index in [1.165, 1.54) is 7.11 Å². The van der Waals surface area contributed by atoms with Crippen LogP contribution in [0, 0.1) is 19.8 Å². The first kappa shape index (κ1) is 20.2. The molecule has 7 heteroatoms. The highest BCUT2D eigenvalue weighted by Gasteiger charge is 2.20. The van der Waals surface area contributed by atoms with E-state index in [0.717, 1.165) is 23.5 Å². The number of aryl methyl sites for hydroxylation is 1. The van der Waals surface area contributed by atoms with Crippen LogP contribution >= 0.6 is 0 Å². The lowest BCUT2D eigenvalue weighted by Gasteiger charge is -2.14. The van der Waals surface area contributed by atoms with Gasteiger partial charge in [0.1, 0.15) is 6.04 Å².